The average molecular weight is 482 g/mol. The number of fused-ring (bicyclic) bond motifs is 3. The largest absolute Gasteiger partial charge is 1.00 e. The third kappa shape index (κ3) is 4.59. The van der Waals surface area contributed by atoms with Gasteiger partial charge in [-0.3, -0.25) is 0 Å². The lowest BCUT2D eigenvalue weighted by molar-refractivity contribution is -1.09. The highest BCUT2D eigenvalue weighted by Crippen LogP contribution is 2.30. The number of hydrogen-bond donors (Lipinski definition) is 0. The summed E-state index contributed by atoms with van der Waals surface area (Å²) >= 11 is 0. The Morgan fingerprint density at radius 2 is 0.808 bits per heavy atom. The van der Waals surface area contributed by atoms with E-state index in [4.69, 9.17) is 0 Å². The maximum Gasteiger partial charge on any atom is 0.129 e. The van der Waals surface area contributed by atoms with E-state index in [-0.39, 0.29) is 34.0 Å². The predicted octanol–water partition coefficient (Wildman–Crippen LogP) is -2.33. The molecule has 0 N–H and O–H groups in total. The van der Waals surface area contributed by atoms with Crippen molar-refractivity contribution in [3.63, 3.8) is 0 Å². The van der Waals surface area contributed by atoms with Crippen LogP contribution in [0, 0.1) is 13.8 Å². The van der Waals surface area contributed by atoms with Crippen molar-refractivity contribution in [2.24, 2.45) is 0 Å². The van der Waals surface area contributed by atoms with Gasteiger partial charge in [0.15, 0.2) is 0 Å². The molecule has 26 heavy (non-hydrogen) atoms. The van der Waals surface area contributed by atoms with Crippen LogP contribution in [0.15, 0.2) is 48.5 Å². The van der Waals surface area contributed by atoms with Crippen molar-refractivity contribution >= 4 is 0 Å². The smallest absolute Gasteiger partial charge is 0.129 e. The molecule has 0 saturated carbocycles. The second-order valence-corrected chi connectivity index (χ2v) is 8.31. The van der Waals surface area contributed by atoms with Gasteiger partial charge >= 0.3 is 0 Å². The van der Waals surface area contributed by atoms with Crippen LogP contribution < -0.4 is 34.0 Å². The molecule has 3 heterocycles. The van der Waals surface area contributed by atoms with Crippen LogP contribution in [-0.2, 0) is 13.1 Å². The van der Waals surface area contributed by atoms with Crippen molar-refractivity contribution in [1.82, 2.24) is 0 Å². The Morgan fingerprint density at radius 1 is 0.538 bits per heavy atom. The molecular formula is C22H30Br2N2. The van der Waals surface area contributed by atoms with Gasteiger partial charge in [0.1, 0.15) is 52.4 Å². The van der Waals surface area contributed by atoms with E-state index in [1.54, 1.807) is 0 Å². The van der Waals surface area contributed by atoms with Gasteiger partial charge < -0.3 is 42.9 Å². The van der Waals surface area contributed by atoms with Crippen LogP contribution in [0.2, 0.25) is 0 Å². The lowest BCUT2D eigenvalue weighted by Crippen LogP contribution is -3.00. The summed E-state index contributed by atoms with van der Waals surface area (Å²) in [5, 5.41) is 0. The highest BCUT2D eigenvalue weighted by atomic mass is 79.9. The minimum absolute atomic E-state index is 0. The summed E-state index contributed by atoms with van der Waals surface area (Å²) in [6.45, 7) is 14.9. The molecule has 0 unspecified atom stereocenters. The van der Waals surface area contributed by atoms with Crippen molar-refractivity contribution in [2.45, 2.75) is 26.9 Å². The van der Waals surface area contributed by atoms with Crippen molar-refractivity contribution in [3.8, 4) is 0 Å². The van der Waals surface area contributed by atoms with Gasteiger partial charge in [0, 0.05) is 11.1 Å². The molecular weight excluding hydrogens is 452 g/mol. The standard InChI is InChI=1S/C22H30N2.2BrH/c1-19-3-7-21(8-4-19)17-23-11-14-24(15-12-23,16-13-23)18-22-9-5-20(2)6-10-22;;/h3-10H,11-18H2,1-2H3;2*1H/q+2;;/p-2. The van der Waals surface area contributed by atoms with Gasteiger partial charge in [-0.25, -0.2) is 0 Å². The third-order valence-electron chi connectivity index (χ3n) is 6.42. The normalized spacial score (nSPS) is 26.7. The highest BCUT2D eigenvalue weighted by Gasteiger charge is 2.48. The Labute approximate surface area is 179 Å². The van der Waals surface area contributed by atoms with Crippen molar-refractivity contribution in [3.05, 3.63) is 70.8 Å². The molecule has 0 aliphatic carbocycles. The fourth-order valence-electron chi connectivity index (χ4n) is 4.58. The summed E-state index contributed by atoms with van der Waals surface area (Å²) in [4.78, 5) is 0. The fourth-order valence-corrected chi connectivity index (χ4v) is 4.58. The van der Waals surface area contributed by atoms with Crippen LogP contribution >= 0.6 is 0 Å². The quantitative estimate of drug-likeness (QED) is 0.430. The minimum Gasteiger partial charge on any atom is -1.00 e. The molecule has 0 amide bonds. The Kier molecular flexibility index (Phi) is 7.11. The molecule has 2 bridgehead atoms. The van der Waals surface area contributed by atoms with Crippen LogP contribution in [0.1, 0.15) is 22.3 Å². The highest BCUT2D eigenvalue weighted by molar-refractivity contribution is 5.21. The molecule has 142 valence electrons. The number of quaternary nitrogens is 2. The van der Waals surface area contributed by atoms with E-state index >= 15 is 0 Å². The maximum atomic E-state index is 2.33. The summed E-state index contributed by atoms with van der Waals surface area (Å²) in [5.74, 6) is 0. The van der Waals surface area contributed by atoms with E-state index < -0.39 is 0 Å². The van der Waals surface area contributed by atoms with E-state index in [0.717, 1.165) is 0 Å². The van der Waals surface area contributed by atoms with Gasteiger partial charge in [0.05, 0.1) is 0 Å². The van der Waals surface area contributed by atoms with Gasteiger partial charge in [-0.15, -0.1) is 0 Å². The maximum absolute atomic E-state index is 2.33. The molecule has 0 radical (unpaired) electrons. The van der Waals surface area contributed by atoms with Crippen LogP contribution in [0.3, 0.4) is 0 Å². The topological polar surface area (TPSA) is 0 Å². The Bertz CT molecular complexity index is 622. The third-order valence-corrected chi connectivity index (χ3v) is 6.42. The van der Waals surface area contributed by atoms with E-state index in [1.807, 2.05) is 0 Å². The zero-order chi connectivity index (χ0) is 16.6. The van der Waals surface area contributed by atoms with Gasteiger partial charge in [0.25, 0.3) is 0 Å². The number of piperazine rings is 3. The van der Waals surface area contributed by atoms with Gasteiger partial charge in [-0.05, 0) is 13.8 Å². The van der Waals surface area contributed by atoms with Crippen molar-refractivity contribution in [1.29, 1.82) is 0 Å². The van der Waals surface area contributed by atoms with Gasteiger partial charge in [0.2, 0.25) is 0 Å². The molecule has 4 heteroatoms. The molecule has 5 rings (SSSR count). The van der Waals surface area contributed by atoms with Crippen molar-refractivity contribution < 1.29 is 42.9 Å². The predicted molar refractivity (Wildman–Crippen MR) is 99.5 cm³/mol. The summed E-state index contributed by atoms with van der Waals surface area (Å²) in [6.07, 6.45) is 0. The number of nitrogens with zero attached hydrogens (tertiary/aromatic N) is 2. The van der Waals surface area contributed by atoms with Crippen LogP contribution in [0.4, 0.5) is 0 Å². The molecule has 0 spiro atoms. The molecule has 3 saturated heterocycles. The number of rotatable bonds is 4. The molecule has 2 nitrogen and oxygen atoms in total. The van der Waals surface area contributed by atoms with E-state index in [2.05, 4.69) is 62.4 Å². The SMILES string of the molecule is Cc1ccc(C[N+]23CC[N+](Cc4ccc(C)cc4)(CC2)CC3)cc1.[Br-].[Br-]. The first-order valence-electron chi connectivity index (χ1n) is 9.38. The number of hydrogen-bond acceptors (Lipinski definition) is 0. The average Bonchev–Trinajstić information content (AvgIpc) is 2.61. The van der Waals surface area contributed by atoms with E-state index in [9.17, 15) is 0 Å². The second kappa shape index (κ2) is 8.55. The molecule has 3 aliphatic rings. The lowest BCUT2D eigenvalue weighted by Gasteiger charge is -2.55. The Balaban J connectivity index is 0.00000121. The van der Waals surface area contributed by atoms with Gasteiger partial charge in [-0.1, -0.05) is 59.7 Å². The summed E-state index contributed by atoms with van der Waals surface area (Å²) in [7, 11) is 0. The molecule has 3 fully saturated rings. The summed E-state index contributed by atoms with van der Waals surface area (Å²) < 4.78 is 2.63. The van der Waals surface area contributed by atoms with Crippen LogP contribution in [-0.4, -0.2) is 48.2 Å². The second-order valence-electron chi connectivity index (χ2n) is 8.31. The zero-order valence-electron chi connectivity index (χ0n) is 15.9. The number of aryl methyl sites for hydroxylation is 2. The first-order chi connectivity index (χ1) is 11.6. The molecule has 2 aromatic rings. The van der Waals surface area contributed by atoms with Crippen molar-refractivity contribution in [2.75, 3.05) is 39.3 Å². The fraction of sp³-hybridized carbons (Fsp3) is 0.455. The minimum atomic E-state index is 0. The van der Waals surface area contributed by atoms with E-state index in [1.165, 1.54) is 83.6 Å². The van der Waals surface area contributed by atoms with Crippen LogP contribution in [0.5, 0.6) is 0 Å². The molecule has 2 aromatic carbocycles. The summed E-state index contributed by atoms with van der Waals surface area (Å²) in [6, 6.07) is 18.4. The first-order valence-corrected chi connectivity index (χ1v) is 9.38. The summed E-state index contributed by atoms with van der Waals surface area (Å²) in [5.41, 5.74) is 5.76. The molecule has 0 aromatic heterocycles. The van der Waals surface area contributed by atoms with Gasteiger partial charge in [-0.2, -0.15) is 0 Å². The number of benzene rings is 2. The molecule has 3 aliphatic heterocycles. The Hall–Kier alpha value is -0.680. The van der Waals surface area contributed by atoms with E-state index in [0.29, 0.717) is 0 Å². The number of halogens is 2. The first kappa shape index (κ1) is 21.6. The molecule has 0 atom stereocenters. The lowest BCUT2D eigenvalue weighted by atomic mass is 10.0. The zero-order valence-corrected chi connectivity index (χ0v) is 19.1. The monoisotopic (exact) mass is 480 g/mol. The Morgan fingerprint density at radius 3 is 1.08 bits per heavy atom. The van der Waals surface area contributed by atoms with Crippen LogP contribution in [0.25, 0.3) is 0 Å².